The van der Waals surface area contributed by atoms with Gasteiger partial charge in [0, 0.05) is 55.7 Å². The molecule has 1 atom stereocenters. The van der Waals surface area contributed by atoms with E-state index in [1.807, 2.05) is 23.9 Å². The van der Waals surface area contributed by atoms with Crippen LogP contribution < -0.4 is 4.90 Å². The van der Waals surface area contributed by atoms with Crippen LogP contribution in [0.4, 0.5) is 21.5 Å². The Balaban J connectivity index is 1.03. The average molecular weight is 804 g/mol. The number of hydrogen-bond acceptors (Lipinski definition) is 3. The standard InChI is InChI=1S/C57H38FNOS/c58-39-33-47(46(38-18-6-2-7-19-38)32-37-16-4-1-5-17-37)56-45-30-28-41(35-52(45)60-53(56)34-39)59(40-20-8-3-9-21-40)42-29-31-51-55(36-42)61-54-27-15-14-26-50(54)57(51)48-24-12-10-22-43(48)44-23-11-13-25-49(44)57/h1-31,33-36,46H,32H2. The van der Waals surface area contributed by atoms with Crippen LogP contribution in [-0.2, 0) is 11.8 Å². The van der Waals surface area contributed by atoms with Crippen molar-refractivity contribution >= 4 is 50.8 Å². The highest BCUT2D eigenvalue weighted by Crippen LogP contribution is 2.62. The predicted octanol–water partition coefficient (Wildman–Crippen LogP) is 15.4. The molecule has 1 aliphatic carbocycles. The fourth-order valence-electron chi connectivity index (χ4n) is 10.3. The summed E-state index contributed by atoms with van der Waals surface area (Å²) in [5, 5.41) is 1.92. The van der Waals surface area contributed by atoms with Crippen LogP contribution in [0.3, 0.4) is 0 Å². The molecular weight excluding hydrogens is 766 g/mol. The summed E-state index contributed by atoms with van der Waals surface area (Å²) in [5.74, 6) is -0.386. The average Bonchev–Trinajstić information content (AvgIpc) is 3.82. The van der Waals surface area contributed by atoms with Gasteiger partial charge in [0.25, 0.3) is 0 Å². The van der Waals surface area contributed by atoms with Crippen LogP contribution in [0, 0.1) is 5.82 Å². The van der Waals surface area contributed by atoms with Gasteiger partial charge < -0.3 is 9.32 Å². The maximum absolute atomic E-state index is 15.7. The third-order valence-electron chi connectivity index (χ3n) is 12.8. The lowest BCUT2D eigenvalue weighted by Gasteiger charge is -2.40. The van der Waals surface area contributed by atoms with Gasteiger partial charge in [-0.15, -0.1) is 0 Å². The highest BCUT2D eigenvalue weighted by atomic mass is 32.2. The highest BCUT2D eigenvalue weighted by Gasteiger charge is 2.50. The van der Waals surface area contributed by atoms with E-state index >= 15 is 4.39 Å². The van der Waals surface area contributed by atoms with Crippen molar-refractivity contribution in [1.82, 2.24) is 0 Å². The van der Waals surface area contributed by atoms with E-state index in [9.17, 15) is 0 Å². The number of para-hydroxylation sites is 1. The first kappa shape index (κ1) is 35.8. The van der Waals surface area contributed by atoms with Crippen molar-refractivity contribution in [3.05, 3.63) is 257 Å². The van der Waals surface area contributed by atoms with E-state index in [0.29, 0.717) is 11.2 Å². The van der Waals surface area contributed by atoms with Crippen molar-refractivity contribution in [3.8, 4) is 11.1 Å². The van der Waals surface area contributed by atoms with Gasteiger partial charge in [0.15, 0.2) is 0 Å². The van der Waals surface area contributed by atoms with Crippen LogP contribution in [-0.4, -0.2) is 0 Å². The first-order chi connectivity index (χ1) is 30.1. The number of rotatable bonds is 7. The van der Waals surface area contributed by atoms with Crippen LogP contribution in [0.5, 0.6) is 0 Å². The summed E-state index contributed by atoms with van der Waals surface area (Å²) in [6.07, 6.45) is 0.731. The van der Waals surface area contributed by atoms with Gasteiger partial charge in [0.2, 0.25) is 0 Å². The summed E-state index contributed by atoms with van der Waals surface area (Å²) >= 11 is 1.84. The maximum atomic E-state index is 15.7. The molecule has 2 nitrogen and oxygen atoms in total. The predicted molar refractivity (Wildman–Crippen MR) is 248 cm³/mol. The van der Waals surface area contributed by atoms with E-state index in [1.54, 1.807) is 6.07 Å². The summed E-state index contributed by atoms with van der Waals surface area (Å²) < 4.78 is 22.4. The van der Waals surface area contributed by atoms with E-state index < -0.39 is 5.41 Å². The molecule has 61 heavy (non-hydrogen) atoms. The lowest BCUT2D eigenvalue weighted by Crippen LogP contribution is -2.32. The van der Waals surface area contributed by atoms with E-state index in [-0.39, 0.29) is 11.7 Å². The Kier molecular flexibility index (Phi) is 8.36. The van der Waals surface area contributed by atoms with Crippen molar-refractivity contribution in [2.75, 3.05) is 4.90 Å². The smallest absolute Gasteiger partial charge is 0.138 e. The summed E-state index contributed by atoms with van der Waals surface area (Å²) in [6.45, 7) is 0. The molecule has 1 unspecified atom stereocenters. The van der Waals surface area contributed by atoms with Crippen LogP contribution in [0.25, 0.3) is 33.1 Å². The first-order valence-electron chi connectivity index (χ1n) is 20.9. The lowest BCUT2D eigenvalue weighted by atomic mass is 9.67. The van der Waals surface area contributed by atoms with Crippen LogP contribution >= 0.6 is 11.8 Å². The minimum atomic E-state index is -0.446. The second kappa shape index (κ2) is 14.3. The zero-order chi connectivity index (χ0) is 40.5. The molecule has 290 valence electrons. The first-order valence-corrected chi connectivity index (χ1v) is 21.7. The van der Waals surface area contributed by atoms with E-state index in [4.69, 9.17) is 4.42 Å². The minimum absolute atomic E-state index is 0.0803. The molecule has 1 aliphatic heterocycles. The second-order valence-electron chi connectivity index (χ2n) is 16.1. The molecule has 10 aromatic rings. The van der Waals surface area contributed by atoms with Crippen molar-refractivity contribution in [2.24, 2.45) is 0 Å². The van der Waals surface area contributed by atoms with Gasteiger partial charge in [-0.3, -0.25) is 0 Å². The van der Waals surface area contributed by atoms with E-state index in [2.05, 4.69) is 193 Å². The molecule has 1 spiro atoms. The third-order valence-corrected chi connectivity index (χ3v) is 13.9. The van der Waals surface area contributed by atoms with Gasteiger partial charge in [0.05, 0.1) is 5.41 Å². The van der Waals surface area contributed by atoms with Crippen LogP contribution in [0.15, 0.2) is 227 Å². The molecule has 2 heterocycles. The molecule has 0 saturated carbocycles. The highest BCUT2D eigenvalue weighted by molar-refractivity contribution is 7.99. The fourth-order valence-corrected chi connectivity index (χ4v) is 11.5. The Hall–Kier alpha value is -7.14. The summed E-state index contributed by atoms with van der Waals surface area (Å²) in [4.78, 5) is 4.79. The van der Waals surface area contributed by atoms with E-state index in [0.717, 1.165) is 45.4 Å². The van der Waals surface area contributed by atoms with Crippen molar-refractivity contribution in [1.29, 1.82) is 0 Å². The molecule has 2 aliphatic rings. The summed E-state index contributed by atoms with van der Waals surface area (Å²) in [7, 11) is 0. The molecule has 0 fully saturated rings. The number of anilines is 3. The summed E-state index contributed by atoms with van der Waals surface area (Å²) in [6, 6.07) is 74.9. The molecular formula is C57H38FNOS. The fraction of sp³-hybridized carbons (Fsp3) is 0.0526. The van der Waals surface area contributed by atoms with E-state index in [1.165, 1.54) is 54.8 Å². The van der Waals surface area contributed by atoms with Crippen molar-refractivity contribution in [2.45, 2.75) is 27.5 Å². The monoisotopic (exact) mass is 803 g/mol. The number of nitrogens with zero attached hydrogens (tertiary/aromatic N) is 1. The number of halogens is 1. The van der Waals surface area contributed by atoms with Crippen LogP contribution in [0.2, 0.25) is 0 Å². The zero-order valence-corrected chi connectivity index (χ0v) is 33.9. The number of hydrogen-bond donors (Lipinski definition) is 0. The Morgan fingerprint density at radius 1 is 0.492 bits per heavy atom. The van der Waals surface area contributed by atoms with Crippen LogP contribution in [0.1, 0.15) is 44.9 Å². The summed E-state index contributed by atoms with van der Waals surface area (Å²) in [5.41, 5.74) is 14.9. The van der Waals surface area contributed by atoms with Crippen molar-refractivity contribution in [3.63, 3.8) is 0 Å². The Bertz CT molecular complexity index is 3240. The van der Waals surface area contributed by atoms with Gasteiger partial charge in [-0.2, -0.15) is 0 Å². The Labute approximate surface area is 358 Å². The van der Waals surface area contributed by atoms with Gasteiger partial charge in [-0.1, -0.05) is 163 Å². The SMILES string of the molecule is Fc1cc(C(Cc2ccccc2)c2ccccc2)c2c(c1)oc1cc(N(c3ccccc3)c3ccc4c(c3)Sc3ccccc3C43c4ccccc4-c4ccccc43)ccc12. The van der Waals surface area contributed by atoms with Gasteiger partial charge in [-0.05, 0) is 105 Å². The quantitative estimate of drug-likeness (QED) is 0.160. The largest absolute Gasteiger partial charge is 0.456 e. The molecule has 0 amide bonds. The van der Waals surface area contributed by atoms with Gasteiger partial charge >= 0.3 is 0 Å². The Morgan fingerprint density at radius 2 is 1.08 bits per heavy atom. The second-order valence-corrected chi connectivity index (χ2v) is 17.2. The topological polar surface area (TPSA) is 16.4 Å². The third kappa shape index (κ3) is 5.63. The number of furan rings is 1. The molecule has 0 N–H and O–H groups in total. The zero-order valence-electron chi connectivity index (χ0n) is 33.1. The molecule has 0 radical (unpaired) electrons. The molecule has 0 saturated heterocycles. The number of benzene rings is 9. The van der Waals surface area contributed by atoms with Crippen molar-refractivity contribution < 1.29 is 8.81 Å². The lowest BCUT2D eigenvalue weighted by molar-refractivity contribution is 0.614. The normalized spacial score (nSPS) is 13.7. The van der Waals surface area contributed by atoms with Gasteiger partial charge in [0.1, 0.15) is 17.0 Å². The molecule has 9 aromatic carbocycles. The molecule has 0 bridgehead atoms. The maximum Gasteiger partial charge on any atom is 0.138 e. The number of fused-ring (bicyclic) bond motifs is 12. The molecule has 4 heteroatoms. The van der Waals surface area contributed by atoms with Gasteiger partial charge in [-0.25, -0.2) is 4.39 Å². The molecule has 1 aromatic heterocycles. The Morgan fingerprint density at radius 3 is 1.82 bits per heavy atom. The minimum Gasteiger partial charge on any atom is -0.456 e. The molecule has 12 rings (SSSR count).